The Morgan fingerprint density at radius 3 is 2.12 bits per heavy atom. The van der Waals surface area contributed by atoms with Crippen molar-refractivity contribution in [3.8, 4) is 0 Å². The van der Waals surface area contributed by atoms with Crippen LogP contribution in [0.4, 0.5) is 0 Å². The van der Waals surface area contributed by atoms with E-state index in [2.05, 4.69) is 0 Å². The van der Waals surface area contributed by atoms with Gasteiger partial charge in [-0.3, -0.25) is 4.79 Å². The lowest BCUT2D eigenvalue weighted by molar-refractivity contribution is -0.387. The van der Waals surface area contributed by atoms with Crippen molar-refractivity contribution in [2.45, 2.75) is 187 Å². The quantitative estimate of drug-likeness (QED) is 0.0905. The highest BCUT2D eigenvalue weighted by Crippen LogP contribution is 2.64. The van der Waals surface area contributed by atoms with Crippen molar-refractivity contribution in [1.82, 2.24) is 0 Å². The van der Waals surface area contributed by atoms with Gasteiger partial charge in [0.15, 0.2) is 30.9 Å². The largest absolute Gasteiger partial charge is 0.396 e. The van der Waals surface area contributed by atoms with Crippen molar-refractivity contribution in [1.29, 1.82) is 0 Å². The lowest BCUT2D eigenvalue weighted by Gasteiger charge is -2.57. The normalized spacial score (nSPS) is 55.6. The SMILES string of the molecule is CC1OC(O[C@H]2[C@H](O[C@@H]3C[C@H](O)CC4=C[C@H](O)[C@H]5C6=C(CC[C@@H]5[C@]43C)[C@@H]3[C@@H](O[C@@]4(OC[C@H](C)[C@@H](O)[C@@H]4O)[C@H]3CO)C6=O)OC[C@H](O)[C@@H]2O[C@@H]2OC[C@@H](O)[C@H](O)[C@H]2O)C(O)C(O[C@@H]2OC[C@](O)(CO)[C@H]2O)C1O. The summed E-state index contributed by atoms with van der Waals surface area (Å²) in [5.41, 5.74) is -1.62. The van der Waals surface area contributed by atoms with Crippen LogP contribution in [0.5, 0.6) is 0 Å². The fourth-order valence-electron chi connectivity index (χ4n) is 13.4. The molecule has 6 heterocycles. The zero-order valence-electron chi connectivity index (χ0n) is 39.9. The summed E-state index contributed by atoms with van der Waals surface area (Å²) in [6.07, 6.45) is -29.9. The molecular weight excluding hydrogens is 964 g/mol. The lowest BCUT2D eigenvalue weighted by atomic mass is 9.51. The predicted molar refractivity (Wildman–Crippen MR) is 232 cm³/mol. The number of aliphatic hydroxyl groups is 14. The molecule has 10 rings (SSSR count). The van der Waals surface area contributed by atoms with Crippen LogP contribution < -0.4 is 0 Å². The highest BCUT2D eigenvalue weighted by molar-refractivity contribution is 6.04. The number of Topliss-reactive ketones (excluding diaryl/α,β-unsaturated/α-hetero) is 1. The highest BCUT2D eigenvalue weighted by atomic mass is 16.8. The molecule has 6 saturated heterocycles. The molecule has 7 fully saturated rings. The van der Waals surface area contributed by atoms with Gasteiger partial charge in [0.2, 0.25) is 5.79 Å². The minimum Gasteiger partial charge on any atom is -0.396 e. The molecule has 1 saturated carbocycles. The molecule has 0 amide bonds. The van der Waals surface area contributed by atoms with Gasteiger partial charge in [0, 0.05) is 41.1 Å². The van der Waals surface area contributed by atoms with E-state index in [4.69, 9.17) is 47.4 Å². The molecule has 6 aliphatic heterocycles. The molecule has 29 atom stereocenters. The zero-order chi connectivity index (χ0) is 51.7. The van der Waals surface area contributed by atoms with Crippen LogP contribution in [0.15, 0.2) is 22.8 Å². The third-order valence-electron chi connectivity index (χ3n) is 17.6. The Kier molecular flexibility index (Phi) is 14.8. The summed E-state index contributed by atoms with van der Waals surface area (Å²) < 4.78 is 60.7. The first-order chi connectivity index (χ1) is 34.1. The van der Waals surface area contributed by atoms with Crippen LogP contribution in [0.2, 0.25) is 0 Å². The van der Waals surface area contributed by atoms with Crippen LogP contribution in [0.1, 0.15) is 46.5 Å². The molecule has 408 valence electrons. The number of aliphatic hydroxyl groups excluding tert-OH is 13. The Bertz CT molecular complexity index is 2060. The van der Waals surface area contributed by atoms with Crippen LogP contribution in [0.3, 0.4) is 0 Å². The summed E-state index contributed by atoms with van der Waals surface area (Å²) in [5.74, 6) is -5.84. The van der Waals surface area contributed by atoms with Gasteiger partial charge >= 0.3 is 0 Å². The van der Waals surface area contributed by atoms with E-state index in [1.165, 1.54) is 6.92 Å². The molecule has 0 bridgehead atoms. The summed E-state index contributed by atoms with van der Waals surface area (Å²) in [4.78, 5) is 14.8. The second-order valence-corrected chi connectivity index (χ2v) is 21.9. The van der Waals surface area contributed by atoms with Gasteiger partial charge in [-0.2, -0.15) is 0 Å². The number of hydrogen-bond acceptors (Lipinski definition) is 25. The number of fused-ring (bicyclic) bond motifs is 6. The molecule has 4 aliphatic carbocycles. The minimum atomic E-state index is -2.12. The van der Waals surface area contributed by atoms with E-state index in [1.54, 1.807) is 13.0 Å². The Labute approximate surface area is 413 Å². The first-order valence-corrected chi connectivity index (χ1v) is 24.9. The molecule has 10 aliphatic rings. The summed E-state index contributed by atoms with van der Waals surface area (Å²) in [6, 6.07) is 0. The number of carbonyl (C=O) groups is 1. The maximum atomic E-state index is 14.8. The van der Waals surface area contributed by atoms with Gasteiger partial charge in [0.25, 0.3) is 0 Å². The Hall–Kier alpha value is -1.81. The molecule has 1 spiro atoms. The average Bonchev–Trinajstić information content (AvgIpc) is 3.94. The van der Waals surface area contributed by atoms with E-state index in [-0.39, 0.29) is 19.4 Å². The maximum Gasteiger partial charge on any atom is 0.203 e. The standard InChI is InChI=1S/C47H70O25/c1-15-10-66-47(39(60)29(15)54)21(9-48)26-19-4-5-20-28(27(19)32(57)36(26)72-47)22(51)7-17-6-18(50)8-25(45(17,20)3)68-43-38(35(24(53)12-64-43)69-41-33(58)31(56)23(52)11-63-41)71-42-34(59)37(30(55)16(2)67-42)70-44-40(61)46(62,13-49)14-65-44/h7,15-16,18,20-26,28-31,33-44,48-56,58-62H,4-6,8-14H2,1-3H3/t15-,16?,18+,20-,21-,22-,23+,24-,25+,26-,28-,29+,30?,31-,33+,34?,35-,36+,37?,38+,39-,40-,41-,42?,43-,44-,45-,46+,47-/m0/s1. The highest BCUT2D eigenvalue weighted by Gasteiger charge is 2.70. The minimum absolute atomic E-state index is 0.00717. The second-order valence-electron chi connectivity index (χ2n) is 21.9. The molecular formula is C47H70O25. The number of carbonyl (C=O) groups excluding carboxylic acids is 1. The van der Waals surface area contributed by atoms with E-state index >= 15 is 0 Å². The van der Waals surface area contributed by atoms with Crippen LogP contribution in [-0.4, -0.2) is 257 Å². The molecule has 14 N–H and O–H groups in total. The van der Waals surface area contributed by atoms with E-state index in [1.807, 2.05) is 6.92 Å². The third-order valence-corrected chi connectivity index (χ3v) is 17.6. The van der Waals surface area contributed by atoms with Crippen LogP contribution in [0, 0.1) is 35.0 Å². The van der Waals surface area contributed by atoms with Crippen molar-refractivity contribution in [2.75, 3.05) is 39.6 Å². The van der Waals surface area contributed by atoms with Crippen LogP contribution >= 0.6 is 0 Å². The zero-order valence-corrected chi connectivity index (χ0v) is 39.9. The Balaban J connectivity index is 0.960. The fourth-order valence-corrected chi connectivity index (χ4v) is 13.4. The van der Waals surface area contributed by atoms with Crippen molar-refractivity contribution < 1.29 is 124 Å². The van der Waals surface area contributed by atoms with Crippen LogP contribution in [-0.2, 0) is 52.2 Å². The van der Waals surface area contributed by atoms with E-state index in [0.717, 1.165) is 0 Å². The molecule has 72 heavy (non-hydrogen) atoms. The summed E-state index contributed by atoms with van der Waals surface area (Å²) in [5, 5.41) is 154. The number of hydrogen-bond donors (Lipinski definition) is 14. The van der Waals surface area contributed by atoms with Gasteiger partial charge < -0.3 is 119 Å². The number of ether oxygens (including phenoxy) is 10. The molecule has 0 aromatic carbocycles. The van der Waals surface area contributed by atoms with Gasteiger partial charge in [-0.15, -0.1) is 0 Å². The van der Waals surface area contributed by atoms with Gasteiger partial charge in [0.1, 0.15) is 78.8 Å². The third kappa shape index (κ3) is 8.42. The van der Waals surface area contributed by atoms with E-state index in [0.29, 0.717) is 29.6 Å². The van der Waals surface area contributed by atoms with Crippen molar-refractivity contribution >= 4 is 5.78 Å². The summed E-state index contributed by atoms with van der Waals surface area (Å²) >= 11 is 0. The molecule has 0 radical (unpaired) electrons. The Morgan fingerprint density at radius 2 is 1.42 bits per heavy atom. The average molecular weight is 1040 g/mol. The number of rotatable bonds is 10. The van der Waals surface area contributed by atoms with Crippen molar-refractivity contribution in [3.63, 3.8) is 0 Å². The van der Waals surface area contributed by atoms with E-state index < -0.39 is 214 Å². The topological polar surface area (TPSA) is 393 Å². The molecule has 25 heteroatoms. The maximum absolute atomic E-state index is 14.8. The first kappa shape index (κ1) is 53.6. The summed E-state index contributed by atoms with van der Waals surface area (Å²) in [7, 11) is 0. The van der Waals surface area contributed by atoms with Crippen molar-refractivity contribution in [3.05, 3.63) is 22.8 Å². The lowest BCUT2D eigenvalue weighted by Crippen LogP contribution is -2.65. The Morgan fingerprint density at radius 1 is 0.722 bits per heavy atom. The first-order valence-electron chi connectivity index (χ1n) is 24.9. The monoisotopic (exact) mass is 1030 g/mol. The van der Waals surface area contributed by atoms with E-state index in [9.17, 15) is 76.3 Å². The van der Waals surface area contributed by atoms with Crippen LogP contribution in [0.25, 0.3) is 0 Å². The fraction of sp³-hybridized carbons (Fsp3) is 0.894. The predicted octanol–water partition coefficient (Wildman–Crippen LogP) is -6.33. The smallest absolute Gasteiger partial charge is 0.203 e. The van der Waals surface area contributed by atoms with Gasteiger partial charge in [-0.25, -0.2) is 0 Å². The molecule has 0 aromatic heterocycles. The second kappa shape index (κ2) is 19.9. The van der Waals surface area contributed by atoms with Gasteiger partial charge in [-0.1, -0.05) is 31.1 Å². The van der Waals surface area contributed by atoms with Gasteiger partial charge in [-0.05, 0) is 32.1 Å². The van der Waals surface area contributed by atoms with Crippen molar-refractivity contribution in [2.24, 2.45) is 35.0 Å². The molecule has 25 nitrogen and oxygen atoms in total. The molecule has 0 aromatic rings. The molecule has 5 unspecified atom stereocenters. The number of ketones is 1. The summed E-state index contributed by atoms with van der Waals surface area (Å²) in [6.45, 7) is 2.02. The van der Waals surface area contributed by atoms with Gasteiger partial charge in [0.05, 0.1) is 70.2 Å².